The number of aliphatic hydroxyl groups is 1. The summed E-state index contributed by atoms with van der Waals surface area (Å²) in [6.45, 7) is 13.7. The topological polar surface area (TPSA) is 128 Å². The predicted molar refractivity (Wildman–Crippen MR) is 145 cm³/mol. The standard InChI is InChI=1S/C29H42N2O7/c1-8-37-28(33)25-19(6)30-20(7)26(27(25)23-11-9-10-12-24(23)31(35)36)29(34)38-16-22(18(4)5)14-13-21(15-32)17(2)3/h9-12,17-18,21-22,27,30,32H,8,13-16H2,1-7H3. The number of nitrogens with one attached hydrogen (secondary N) is 1. The number of allylic oxidation sites excluding steroid dienone is 2. The molecule has 2 N–H and O–H groups in total. The number of aliphatic hydroxyl groups excluding tert-OH is 1. The molecule has 1 heterocycles. The lowest BCUT2D eigenvalue weighted by Crippen LogP contribution is -2.33. The summed E-state index contributed by atoms with van der Waals surface area (Å²) in [4.78, 5) is 38.1. The van der Waals surface area contributed by atoms with E-state index in [0.717, 1.165) is 12.8 Å². The van der Waals surface area contributed by atoms with Crippen LogP contribution in [-0.2, 0) is 19.1 Å². The highest BCUT2D eigenvalue weighted by molar-refractivity contribution is 6.00. The van der Waals surface area contributed by atoms with E-state index in [9.17, 15) is 24.8 Å². The molecule has 0 radical (unpaired) electrons. The number of benzene rings is 1. The molecule has 1 aliphatic rings. The van der Waals surface area contributed by atoms with Crippen molar-refractivity contribution in [2.24, 2.45) is 23.7 Å². The second-order valence-electron chi connectivity index (χ2n) is 10.5. The molecule has 1 aliphatic heterocycles. The summed E-state index contributed by atoms with van der Waals surface area (Å²) >= 11 is 0. The first kappa shape index (κ1) is 31.0. The van der Waals surface area contributed by atoms with Gasteiger partial charge in [0, 0.05) is 29.6 Å². The molecule has 210 valence electrons. The number of hydrogen-bond acceptors (Lipinski definition) is 8. The molecular formula is C29H42N2O7. The molecule has 1 aromatic carbocycles. The zero-order valence-corrected chi connectivity index (χ0v) is 23.6. The van der Waals surface area contributed by atoms with E-state index in [1.807, 2.05) is 0 Å². The van der Waals surface area contributed by atoms with E-state index < -0.39 is 22.8 Å². The Hall–Kier alpha value is -3.20. The Morgan fingerprint density at radius 3 is 2.00 bits per heavy atom. The summed E-state index contributed by atoms with van der Waals surface area (Å²) < 4.78 is 11.1. The highest BCUT2D eigenvalue weighted by atomic mass is 16.6. The summed E-state index contributed by atoms with van der Waals surface area (Å²) in [6.07, 6.45) is 1.59. The van der Waals surface area contributed by atoms with E-state index in [4.69, 9.17) is 9.47 Å². The minimum atomic E-state index is -1.03. The van der Waals surface area contributed by atoms with Crippen molar-refractivity contribution in [1.29, 1.82) is 0 Å². The van der Waals surface area contributed by atoms with Crippen molar-refractivity contribution >= 4 is 17.6 Å². The molecule has 9 heteroatoms. The van der Waals surface area contributed by atoms with Gasteiger partial charge in [0.2, 0.25) is 0 Å². The summed E-state index contributed by atoms with van der Waals surface area (Å²) in [5.41, 5.74) is 1.23. The smallest absolute Gasteiger partial charge is 0.336 e. The number of ether oxygens (including phenoxy) is 2. The van der Waals surface area contributed by atoms with Crippen LogP contribution in [0.3, 0.4) is 0 Å². The Bertz CT molecular complexity index is 1070. The number of para-hydroxylation sites is 1. The van der Waals surface area contributed by atoms with Gasteiger partial charge < -0.3 is 19.9 Å². The average Bonchev–Trinajstić information content (AvgIpc) is 2.85. The van der Waals surface area contributed by atoms with Gasteiger partial charge >= 0.3 is 11.9 Å². The van der Waals surface area contributed by atoms with Crippen LogP contribution in [-0.4, -0.2) is 41.8 Å². The van der Waals surface area contributed by atoms with Crippen LogP contribution in [0.5, 0.6) is 0 Å². The van der Waals surface area contributed by atoms with Crippen LogP contribution in [0.25, 0.3) is 0 Å². The zero-order valence-electron chi connectivity index (χ0n) is 23.6. The van der Waals surface area contributed by atoms with E-state index in [-0.39, 0.29) is 60.0 Å². The predicted octanol–water partition coefficient (Wildman–Crippen LogP) is 5.25. The van der Waals surface area contributed by atoms with Crippen LogP contribution in [0, 0.1) is 33.8 Å². The van der Waals surface area contributed by atoms with Crippen molar-refractivity contribution in [1.82, 2.24) is 5.32 Å². The maximum absolute atomic E-state index is 13.6. The summed E-state index contributed by atoms with van der Waals surface area (Å²) in [5.74, 6) is -1.50. The molecule has 3 atom stereocenters. The molecule has 0 saturated carbocycles. The SMILES string of the molecule is CCOC(=O)C1=C(C)NC(C)=C(C(=O)OCC(CCC(CO)C(C)C)C(C)C)C1c1ccccc1[N+](=O)[O-]. The number of dihydropyridines is 1. The molecule has 3 unspecified atom stereocenters. The summed E-state index contributed by atoms with van der Waals surface area (Å²) in [5, 5.41) is 24.7. The molecule has 0 bridgehead atoms. The third kappa shape index (κ3) is 7.43. The van der Waals surface area contributed by atoms with E-state index >= 15 is 0 Å². The summed E-state index contributed by atoms with van der Waals surface area (Å²) in [6, 6.07) is 6.09. The second kappa shape index (κ2) is 14.1. The fraction of sp³-hybridized carbons (Fsp3) is 0.586. The molecule has 0 amide bonds. The molecule has 0 spiro atoms. The van der Waals surface area contributed by atoms with Gasteiger partial charge in [0.25, 0.3) is 5.69 Å². The quantitative estimate of drug-likeness (QED) is 0.201. The molecule has 38 heavy (non-hydrogen) atoms. The van der Waals surface area contributed by atoms with Crippen LogP contribution < -0.4 is 5.32 Å². The maximum atomic E-state index is 13.6. The number of carbonyl (C=O) groups excluding carboxylic acids is 2. The number of carbonyl (C=O) groups is 2. The van der Waals surface area contributed by atoms with Gasteiger partial charge in [-0.2, -0.15) is 0 Å². The third-order valence-corrected chi connectivity index (χ3v) is 7.38. The lowest BCUT2D eigenvalue weighted by Gasteiger charge is -2.31. The van der Waals surface area contributed by atoms with Crippen molar-refractivity contribution in [2.45, 2.75) is 67.2 Å². The average molecular weight is 531 g/mol. The number of esters is 2. The molecular weight excluding hydrogens is 488 g/mol. The van der Waals surface area contributed by atoms with E-state index in [1.54, 1.807) is 39.0 Å². The first-order valence-electron chi connectivity index (χ1n) is 13.3. The maximum Gasteiger partial charge on any atom is 0.336 e. The van der Waals surface area contributed by atoms with Crippen LogP contribution in [0.2, 0.25) is 0 Å². The van der Waals surface area contributed by atoms with Crippen molar-refractivity contribution < 1.29 is 29.1 Å². The van der Waals surface area contributed by atoms with Crippen LogP contribution in [0.1, 0.15) is 72.8 Å². The fourth-order valence-corrected chi connectivity index (χ4v) is 4.89. The van der Waals surface area contributed by atoms with Crippen LogP contribution >= 0.6 is 0 Å². The number of hydrogen-bond donors (Lipinski definition) is 2. The lowest BCUT2D eigenvalue weighted by atomic mass is 9.79. The van der Waals surface area contributed by atoms with Gasteiger partial charge in [-0.1, -0.05) is 45.9 Å². The normalized spacial score (nSPS) is 17.4. The molecule has 0 fully saturated rings. The molecule has 2 rings (SSSR count). The van der Waals surface area contributed by atoms with Gasteiger partial charge in [-0.05, 0) is 57.3 Å². The van der Waals surface area contributed by atoms with E-state index in [0.29, 0.717) is 17.3 Å². The minimum Gasteiger partial charge on any atom is -0.463 e. The molecule has 0 saturated heterocycles. The Labute approximate surface area is 225 Å². The van der Waals surface area contributed by atoms with Crippen molar-refractivity contribution in [2.75, 3.05) is 19.8 Å². The fourth-order valence-electron chi connectivity index (χ4n) is 4.89. The number of nitro groups is 1. The number of rotatable bonds is 13. The minimum absolute atomic E-state index is 0.0653. The zero-order chi connectivity index (χ0) is 28.6. The Balaban J connectivity index is 2.44. The molecule has 9 nitrogen and oxygen atoms in total. The molecule has 1 aromatic rings. The van der Waals surface area contributed by atoms with Crippen LogP contribution in [0.15, 0.2) is 46.8 Å². The Morgan fingerprint density at radius 1 is 0.974 bits per heavy atom. The largest absolute Gasteiger partial charge is 0.463 e. The molecule has 0 aromatic heterocycles. The summed E-state index contributed by atoms with van der Waals surface area (Å²) in [7, 11) is 0. The van der Waals surface area contributed by atoms with Gasteiger partial charge in [0.05, 0.1) is 35.2 Å². The van der Waals surface area contributed by atoms with Gasteiger partial charge in [-0.15, -0.1) is 0 Å². The van der Waals surface area contributed by atoms with E-state index in [2.05, 4.69) is 33.0 Å². The Morgan fingerprint density at radius 2 is 1.50 bits per heavy atom. The molecule has 0 aliphatic carbocycles. The van der Waals surface area contributed by atoms with Crippen molar-refractivity contribution in [3.05, 3.63) is 62.5 Å². The first-order valence-corrected chi connectivity index (χ1v) is 13.3. The van der Waals surface area contributed by atoms with Crippen molar-refractivity contribution in [3.63, 3.8) is 0 Å². The Kier molecular flexibility index (Phi) is 11.5. The van der Waals surface area contributed by atoms with Crippen molar-refractivity contribution in [3.8, 4) is 0 Å². The number of nitro benzene ring substituents is 1. The number of nitrogens with zero attached hydrogens (tertiary/aromatic N) is 1. The monoisotopic (exact) mass is 530 g/mol. The second-order valence-corrected chi connectivity index (χ2v) is 10.5. The van der Waals surface area contributed by atoms with E-state index in [1.165, 1.54) is 6.07 Å². The van der Waals surface area contributed by atoms with Crippen LogP contribution in [0.4, 0.5) is 5.69 Å². The van der Waals surface area contributed by atoms with Gasteiger partial charge in [-0.25, -0.2) is 9.59 Å². The van der Waals surface area contributed by atoms with Gasteiger partial charge in [0.15, 0.2) is 0 Å². The highest BCUT2D eigenvalue weighted by Crippen LogP contribution is 2.42. The lowest BCUT2D eigenvalue weighted by molar-refractivity contribution is -0.385. The van der Waals surface area contributed by atoms with Gasteiger partial charge in [0.1, 0.15) is 0 Å². The highest BCUT2D eigenvalue weighted by Gasteiger charge is 2.41. The first-order chi connectivity index (χ1) is 17.9. The third-order valence-electron chi connectivity index (χ3n) is 7.38. The van der Waals surface area contributed by atoms with Gasteiger partial charge in [-0.3, -0.25) is 10.1 Å².